The highest BCUT2D eigenvalue weighted by atomic mass is 35.5. The Morgan fingerprint density at radius 3 is 3.00 bits per heavy atom. The van der Waals surface area contributed by atoms with Crippen LogP contribution < -0.4 is 0 Å². The van der Waals surface area contributed by atoms with Crippen molar-refractivity contribution in [1.82, 2.24) is 4.98 Å². The minimum atomic E-state index is 0.203. The van der Waals surface area contributed by atoms with E-state index in [1.807, 2.05) is 12.3 Å². The van der Waals surface area contributed by atoms with Gasteiger partial charge in [0, 0.05) is 6.20 Å². The Labute approximate surface area is 104 Å². The van der Waals surface area contributed by atoms with Gasteiger partial charge in [-0.2, -0.15) is 0 Å². The van der Waals surface area contributed by atoms with E-state index < -0.39 is 0 Å². The van der Waals surface area contributed by atoms with Gasteiger partial charge in [0.25, 0.3) is 0 Å². The molecule has 5 heteroatoms. The lowest BCUT2D eigenvalue weighted by Gasteiger charge is -2.08. The zero-order chi connectivity index (χ0) is 11.5. The van der Waals surface area contributed by atoms with Crippen LogP contribution in [0.4, 0.5) is 0 Å². The van der Waals surface area contributed by atoms with Crippen LogP contribution in [0.3, 0.4) is 0 Å². The van der Waals surface area contributed by atoms with E-state index in [9.17, 15) is 0 Å². The Morgan fingerprint density at radius 1 is 1.62 bits per heavy atom. The van der Waals surface area contributed by atoms with E-state index in [0.29, 0.717) is 10.9 Å². The first-order chi connectivity index (χ1) is 7.74. The highest BCUT2D eigenvalue weighted by molar-refractivity contribution is 7.98. The van der Waals surface area contributed by atoms with Gasteiger partial charge >= 0.3 is 0 Å². The molecule has 0 saturated heterocycles. The van der Waals surface area contributed by atoms with Gasteiger partial charge in [-0.1, -0.05) is 18.5 Å². The number of rotatable bonds is 3. The van der Waals surface area contributed by atoms with Crippen molar-refractivity contribution >= 4 is 29.3 Å². The zero-order valence-electron chi connectivity index (χ0n) is 9.24. The van der Waals surface area contributed by atoms with Crippen molar-refractivity contribution in [3.05, 3.63) is 22.8 Å². The fourth-order valence-electron chi connectivity index (χ4n) is 1.48. The molecule has 0 radical (unpaired) electrons. The lowest BCUT2D eigenvalue weighted by atomic mass is 10.3. The summed E-state index contributed by atoms with van der Waals surface area (Å²) in [6.45, 7) is 2.82. The van der Waals surface area contributed by atoms with Crippen molar-refractivity contribution in [2.75, 3.05) is 12.8 Å². The third kappa shape index (κ3) is 2.33. The van der Waals surface area contributed by atoms with E-state index in [4.69, 9.17) is 16.3 Å². The molecule has 0 saturated carbocycles. The molecule has 2 rings (SSSR count). The third-order valence-electron chi connectivity index (χ3n) is 2.42. The predicted molar refractivity (Wildman–Crippen MR) is 67.6 cm³/mol. The van der Waals surface area contributed by atoms with Gasteiger partial charge in [0.05, 0.1) is 17.1 Å². The maximum atomic E-state index is 6.08. The highest BCUT2D eigenvalue weighted by Crippen LogP contribution is 2.24. The molecule has 0 bridgehead atoms. The first kappa shape index (κ1) is 11.7. The molecule has 0 fully saturated rings. The average Bonchev–Trinajstić information content (AvgIpc) is 2.77. The molecule has 1 unspecified atom stereocenters. The maximum absolute atomic E-state index is 6.08. The summed E-state index contributed by atoms with van der Waals surface area (Å²) in [5.74, 6) is 0.661. The van der Waals surface area contributed by atoms with Gasteiger partial charge in [-0.05, 0) is 18.7 Å². The lowest BCUT2D eigenvalue weighted by molar-refractivity contribution is 0.220. The Kier molecular flexibility index (Phi) is 3.71. The number of pyridine rings is 1. The van der Waals surface area contributed by atoms with Gasteiger partial charge in [0.1, 0.15) is 11.1 Å². The second kappa shape index (κ2) is 5.06. The first-order valence-corrected chi connectivity index (χ1v) is 6.76. The summed E-state index contributed by atoms with van der Waals surface area (Å²) in [5.41, 5.74) is 0.860. The molecule has 0 aromatic carbocycles. The highest BCUT2D eigenvalue weighted by Gasteiger charge is 2.20. The number of ether oxygens (including phenoxy) is 1. The van der Waals surface area contributed by atoms with E-state index in [-0.39, 0.29) is 6.10 Å². The average molecular weight is 257 g/mol. The third-order valence-corrected chi connectivity index (χ3v) is 3.53. The van der Waals surface area contributed by atoms with Crippen molar-refractivity contribution in [3.63, 3.8) is 0 Å². The number of aliphatic imine (C=N–C) groups is 1. The smallest absolute Gasteiger partial charge is 0.218 e. The van der Waals surface area contributed by atoms with Crippen molar-refractivity contribution in [2.24, 2.45) is 4.99 Å². The van der Waals surface area contributed by atoms with E-state index >= 15 is 0 Å². The second-order valence-corrected chi connectivity index (χ2v) is 4.71. The molecule has 0 aliphatic carbocycles. The van der Waals surface area contributed by atoms with Crippen LogP contribution in [0.15, 0.2) is 22.3 Å². The Hall–Kier alpha value is -0.740. The Balaban J connectivity index is 2.20. The molecule has 2 heterocycles. The summed E-state index contributed by atoms with van der Waals surface area (Å²) in [6, 6.07) is 1.86. The minimum absolute atomic E-state index is 0.203. The van der Waals surface area contributed by atoms with E-state index in [2.05, 4.69) is 16.9 Å². The zero-order valence-corrected chi connectivity index (χ0v) is 10.8. The molecule has 0 N–H and O–H groups in total. The fourth-order valence-corrected chi connectivity index (χ4v) is 2.29. The van der Waals surface area contributed by atoms with Crippen LogP contribution in [0.1, 0.15) is 18.9 Å². The maximum Gasteiger partial charge on any atom is 0.218 e. The molecule has 1 aliphatic heterocycles. The molecule has 1 aliphatic rings. The van der Waals surface area contributed by atoms with Gasteiger partial charge in [0.2, 0.25) is 5.90 Å². The van der Waals surface area contributed by atoms with Crippen molar-refractivity contribution in [1.29, 1.82) is 0 Å². The Morgan fingerprint density at radius 2 is 2.44 bits per heavy atom. The molecule has 16 heavy (non-hydrogen) atoms. The van der Waals surface area contributed by atoms with Gasteiger partial charge in [0.15, 0.2) is 0 Å². The van der Waals surface area contributed by atoms with Gasteiger partial charge in [-0.25, -0.2) is 9.98 Å². The molecule has 86 valence electrons. The van der Waals surface area contributed by atoms with Crippen LogP contribution in [-0.2, 0) is 4.74 Å². The molecular formula is C11H13ClN2OS. The molecule has 0 spiro atoms. The SMILES string of the molecule is CCC1CN=C(c2cnc(SC)c(Cl)c2)O1. The first-order valence-electron chi connectivity index (χ1n) is 5.15. The van der Waals surface area contributed by atoms with Crippen LogP contribution in [-0.4, -0.2) is 29.8 Å². The van der Waals surface area contributed by atoms with E-state index in [0.717, 1.165) is 23.6 Å². The number of nitrogens with zero attached hydrogens (tertiary/aromatic N) is 2. The normalized spacial score (nSPS) is 19.4. The fraction of sp³-hybridized carbons (Fsp3) is 0.455. The quantitative estimate of drug-likeness (QED) is 0.780. The topological polar surface area (TPSA) is 34.5 Å². The van der Waals surface area contributed by atoms with Crippen molar-refractivity contribution in [2.45, 2.75) is 24.5 Å². The second-order valence-electron chi connectivity index (χ2n) is 3.51. The molecule has 1 aromatic rings. The van der Waals surface area contributed by atoms with E-state index in [1.54, 1.807) is 6.20 Å². The number of hydrogen-bond donors (Lipinski definition) is 0. The molecular weight excluding hydrogens is 244 g/mol. The number of halogens is 1. The van der Waals surface area contributed by atoms with Gasteiger partial charge in [-0.3, -0.25) is 0 Å². The summed E-state index contributed by atoms with van der Waals surface area (Å²) in [5, 5.41) is 1.48. The van der Waals surface area contributed by atoms with Crippen LogP contribution in [0.5, 0.6) is 0 Å². The summed E-state index contributed by atoms with van der Waals surface area (Å²) < 4.78 is 5.67. The van der Waals surface area contributed by atoms with Gasteiger partial charge < -0.3 is 4.74 Å². The summed E-state index contributed by atoms with van der Waals surface area (Å²) >= 11 is 7.61. The van der Waals surface area contributed by atoms with Crippen LogP contribution >= 0.6 is 23.4 Å². The lowest BCUT2D eigenvalue weighted by Crippen LogP contribution is -2.12. The van der Waals surface area contributed by atoms with Gasteiger partial charge in [-0.15, -0.1) is 11.8 Å². The van der Waals surface area contributed by atoms with Crippen LogP contribution in [0.25, 0.3) is 0 Å². The monoisotopic (exact) mass is 256 g/mol. The summed E-state index contributed by atoms with van der Waals surface area (Å²) in [4.78, 5) is 8.61. The van der Waals surface area contributed by atoms with Crippen LogP contribution in [0.2, 0.25) is 5.02 Å². The minimum Gasteiger partial charge on any atom is -0.472 e. The summed E-state index contributed by atoms with van der Waals surface area (Å²) in [7, 11) is 0. The number of aromatic nitrogens is 1. The molecule has 0 amide bonds. The standard InChI is InChI=1S/C11H13ClN2OS/c1-3-8-6-13-10(15-8)7-4-9(12)11(16-2)14-5-7/h4-5,8H,3,6H2,1-2H3. The summed E-state index contributed by atoms with van der Waals surface area (Å²) in [6.07, 6.45) is 4.88. The molecule has 3 nitrogen and oxygen atoms in total. The van der Waals surface area contributed by atoms with E-state index in [1.165, 1.54) is 11.8 Å². The number of thioether (sulfide) groups is 1. The largest absolute Gasteiger partial charge is 0.472 e. The number of hydrogen-bond acceptors (Lipinski definition) is 4. The molecule has 1 atom stereocenters. The Bertz CT molecular complexity index is 422. The molecule has 1 aromatic heterocycles. The van der Waals surface area contributed by atoms with Crippen molar-refractivity contribution < 1.29 is 4.74 Å². The van der Waals surface area contributed by atoms with Crippen molar-refractivity contribution in [3.8, 4) is 0 Å². The van der Waals surface area contributed by atoms with Crippen LogP contribution in [0, 0.1) is 0 Å². The predicted octanol–water partition coefficient (Wildman–Crippen LogP) is 3.01.